The van der Waals surface area contributed by atoms with E-state index in [-0.39, 0.29) is 5.75 Å². The summed E-state index contributed by atoms with van der Waals surface area (Å²) in [6.45, 7) is 4.00. The van der Waals surface area contributed by atoms with E-state index in [2.05, 4.69) is 0 Å². The summed E-state index contributed by atoms with van der Waals surface area (Å²) in [6, 6.07) is 11.2. The number of halogens is 3. The van der Waals surface area contributed by atoms with Crippen LogP contribution in [0.3, 0.4) is 0 Å². The monoisotopic (exact) mass is 268 g/mol. The first-order valence-corrected chi connectivity index (χ1v) is 5.93. The molecule has 0 aromatic heterocycles. The lowest BCUT2D eigenvalue weighted by atomic mass is 10.0. The summed E-state index contributed by atoms with van der Waals surface area (Å²) in [6.07, 6.45) is -4.32. The molecule has 0 saturated carbocycles. The molecule has 2 rings (SSSR count). The van der Waals surface area contributed by atoms with Crippen LogP contribution in [0.4, 0.5) is 13.2 Å². The van der Waals surface area contributed by atoms with Crippen LogP contribution in [0.25, 0.3) is 11.1 Å². The van der Waals surface area contributed by atoms with Gasteiger partial charge in [0, 0.05) is 0 Å². The van der Waals surface area contributed by atoms with Crippen LogP contribution in [0.2, 0.25) is 0 Å². The van der Waals surface area contributed by atoms with Gasteiger partial charge in [0.1, 0.15) is 5.75 Å². The highest BCUT2D eigenvalue weighted by Gasteiger charge is 2.29. The van der Waals surface area contributed by atoms with Crippen molar-refractivity contribution in [3.63, 3.8) is 0 Å². The molecule has 1 nitrogen and oxygen atoms in total. The molecule has 0 amide bonds. The van der Waals surface area contributed by atoms with Crippen molar-refractivity contribution in [3.8, 4) is 16.9 Å². The van der Waals surface area contributed by atoms with E-state index in [1.165, 1.54) is 24.3 Å². The summed E-state index contributed by atoms with van der Waals surface area (Å²) in [5.41, 5.74) is 0.633. The van der Waals surface area contributed by atoms with Crippen LogP contribution in [0.1, 0.15) is 19.4 Å². The lowest BCUT2D eigenvalue weighted by Gasteiger charge is -2.07. The molecule has 2 aromatic rings. The second-order valence-electron chi connectivity index (χ2n) is 3.63. The molecule has 102 valence electrons. The Bertz CT molecular complexity index is 516. The number of hydrogen-bond acceptors (Lipinski definition) is 1. The van der Waals surface area contributed by atoms with E-state index in [0.717, 1.165) is 12.1 Å². The number of phenols is 1. The zero-order valence-corrected chi connectivity index (χ0v) is 10.7. The van der Waals surface area contributed by atoms with Gasteiger partial charge in [-0.3, -0.25) is 0 Å². The summed E-state index contributed by atoms with van der Waals surface area (Å²) in [5, 5.41) is 9.28. The highest BCUT2D eigenvalue weighted by molar-refractivity contribution is 5.65. The highest BCUT2D eigenvalue weighted by Crippen LogP contribution is 2.31. The maximum Gasteiger partial charge on any atom is 0.416 e. The summed E-state index contributed by atoms with van der Waals surface area (Å²) in [5.74, 6) is 0.0856. The molecule has 19 heavy (non-hydrogen) atoms. The molecule has 2 aromatic carbocycles. The maximum absolute atomic E-state index is 12.3. The van der Waals surface area contributed by atoms with Crippen LogP contribution in [-0.2, 0) is 6.18 Å². The number of phenolic OH excluding ortho intramolecular Hbond substituents is 1. The minimum absolute atomic E-state index is 0.0856. The molecular formula is C15H15F3O. The zero-order chi connectivity index (χ0) is 14.5. The molecule has 1 N–H and O–H groups in total. The smallest absolute Gasteiger partial charge is 0.416 e. The normalized spacial score (nSPS) is 10.6. The van der Waals surface area contributed by atoms with Crippen molar-refractivity contribution < 1.29 is 18.3 Å². The van der Waals surface area contributed by atoms with E-state index in [1.54, 1.807) is 12.1 Å². The first-order valence-electron chi connectivity index (χ1n) is 5.93. The molecule has 0 saturated heterocycles. The van der Waals surface area contributed by atoms with Crippen LogP contribution in [-0.4, -0.2) is 5.11 Å². The topological polar surface area (TPSA) is 20.2 Å². The van der Waals surface area contributed by atoms with Crippen LogP contribution >= 0.6 is 0 Å². The standard InChI is InChI=1S/C13H9F3O.C2H6/c14-13(15,16)11-6-4-9(5-7-11)10-2-1-3-12(17)8-10;1-2/h1-8,17H;1-2H3. The van der Waals surface area contributed by atoms with Gasteiger partial charge in [0.15, 0.2) is 0 Å². The number of aromatic hydroxyl groups is 1. The van der Waals surface area contributed by atoms with Gasteiger partial charge in [-0.2, -0.15) is 13.2 Å². The Morgan fingerprint density at radius 2 is 1.42 bits per heavy atom. The van der Waals surface area contributed by atoms with Crippen molar-refractivity contribution >= 4 is 0 Å². The summed E-state index contributed by atoms with van der Waals surface area (Å²) in [4.78, 5) is 0. The molecule has 4 heteroatoms. The third kappa shape index (κ3) is 4.02. The zero-order valence-electron chi connectivity index (χ0n) is 10.7. The van der Waals surface area contributed by atoms with Gasteiger partial charge in [0.2, 0.25) is 0 Å². The first kappa shape index (κ1) is 15.1. The van der Waals surface area contributed by atoms with Crippen LogP contribution < -0.4 is 0 Å². The Labute approximate surface area is 110 Å². The Morgan fingerprint density at radius 1 is 0.842 bits per heavy atom. The molecule has 0 aliphatic rings. The van der Waals surface area contributed by atoms with E-state index in [9.17, 15) is 18.3 Å². The minimum Gasteiger partial charge on any atom is -0.508 e. The van der Waals surface area contributed by atoms with Crippen molar-refractivity contribution in [2.75, 3.05) is 0 Å². The Kier molecular flexibility index (Phi) is 4.98. The summed E-state index contributed by atoms with van der Waals surface area (Å²) < 4.78 is 37.0. The highest BCUT2D eigenvalue weighted by atomic mass is 19.4. The SMILES string of the molecule is CC.Oc1cccc(-c2ccc(C(F)(F)F)cc2)c1. The van der Waals surface area contributed by atoms with Gasteiger partial charge in [-0.05, 0) is 35.4 Å². The number of rotatable bonds is 1. The van der Waals surface area contributed by atoms with Gasteiger partial charge >= 0.3 is 6.18 Å². The predicted octanol–water partition coefficient (Wildman–Crippen LogP) is 5.10. The molecule has 0 aliphatic carbocycles. The molecule has 0 heterocycles. The van der Waals surface area contributed by atoms with Gasteiger partial charge in [0.25, 0.3) is 0 Å². The fourth-order valence-electron chi connectivity index (χ4n) is 1.54. The Balaban J connectivity index is 0.000000861. The van der Waals surface area contributed by atoms with Gasteiger partial charge in [-0.15, -0.1) is 0 Å². The minimum atomic E-state index is -4.32. The Morgan fingerprint density at radius 3 is 1.89 bits per heavy atom. The van der Waals surface area contributed by atoms with Gasteiger partial charge < -0.3 is 5.11 Å². The quantitative estimate of drug-likeness (QED) is 0.762. The third-order valence-electron chi connectivity index (χ3n) is 2.39. The largest absolute Gasteiger partial charge is 0.508 e. The van der Waals surface area contributed by atoms with E-state index in [0.29, 0.717) is 11.1 Å². The molecule has 0 radical (unpaired) electrons. The van der Waals surface area contributed by atoms with Crippen molar-refractivity contribution in [3.05, 3.63) is 54.1 Å². The average molecular weight is 268 g/mol. The van der Waals surface area contributed by atoms with Crippen LogP contribution in [0.5, 0.6) is 5.75 Å². The van der Waals surface area contributed by atoms with Crippen molar-refractivity contribution in [2.24, 2.45) is 0 Å². The molecule has 0 unspecified atom stereocenters. The van der Waals surface area contributed by atoms with Gasteiger partial charge in [-0.1, -0.05) is 38.1 Å². The molecule has 0 fully saturated rings. The second kappa shape index (κ2) is 6.27. The first-order chi connectivity index (χ1) is 8.97. The van der Waals surface area contributed by atoms with Crippen LogP contribution in [0, 0.1) is 0 Å². The second-order valence-corrected chi connectivity index (χ2v) is 3.63. The van der Waals surface area contributed by atoms with Gasteiger partial charge in [-0.25, -0.2) is 0 Å². The third-order valence-corrected chi connectivity index (χ3v) is 2.39. The van der Waals surface area contributed by atoms with Crippen LogP contribution in [0.15, 0.2) is 48.5 Å². The predicted molar refractivity (Wildman–Crippen MR) is 69.9 cm³/mol. The van der Waals surface area contributed by atoms with Crippen molar-refractivity contribution in [1.82, 2.24) is 0 Å². The number of hydrogen-bond donors (Lipinski definition) is 1. The Hall–Kier alpha value is -1.97. The van der Waals surface area contributed by atoms with E-state index in [4.69, 9.17) is 0 Å². The van der Waals surface area contributed by atoms with E-state index >= 15 is 0 Å². The fourth-order valence-corrected chi connectivity index (χ4v) is 1.54. The van der Waals surface area contributed by atoms with Gasteiger partial charge in [0.05, 0.1) is 5.56 Å². The molecule has 0 atom stereocenters. The fraction of sp³-hybridized carbons (Fsp3) is 0.200. The van der Waals surface area contributed by atoms with E-state index < -0.39 is 11.7 Å². The summed E-state index contributed by atoms with van der Waals surface area (Å²) >= 11 is 0. The summed E-state index contributed by atoms with van der Waals surface area (Å²) in [7, 11) is 0. The molecular weight excluding hydrogens is 253 g/mol. The number of alkyl halides is 3. The number of benzene rings is 2. The molecule has 0 aliphatic heterocycles. The maximum atomic E-state index is 12.3. The van der Waals surface area contributed by atoms with Crippen molar-refractivity contribution in [1.29, 1.82) is 0 Å². The lowest BCUT2D eigenvalue weighted by Crippen LogP contribution is -2.03. The molecule has 0 bridgehead atoms. The van der Waals surface area contributed by atoms with E-state index in [1.807, 2.05) is 13.8 Å². The molecule has 0 spiro atoms. The lowest BCUT2D eigenvalue weighted by molar-refractivity contribution is -0.137. The van der Waals surface area contributed by atoms with Crippen molar-refractivity contribution in [2.45, 2.75) is 20.0 Å². The average Bonchev–Trinajstić information content (AvgIpc) is 2.40.